The first-order valence-electron chi connectivity index (χ1n) is 5.53. The maximum absolute atomic E-state index is 12.1. The van der Waals surface area contributed by atoms with Gasteiger partial charge in [0.25, 0.3) is 5.91 Å². The Bertz CT molecular complexity index is 671. The summed E-state index contributed by atoms with van der Waals surface area (Å²) in [6.07, 6.45) is 0. The van der Waals surface area contributed by atoms with Crippen LogP contribution >= 0.6 is 49.9 Å². The van der Waals surface area contributed by atoms with Crippen LogP contribution in [0.15, 0.2) is 34.1 Å². The summed E-state index contributed by atoms with van der Waals surface area (Å²) >= 11 is 6.78. The van der Waals surface area contributed by atoms with Crippen LogP contribution in [0.4, 0.5) is 0 Å². The molecule has 2 aromatic rings. The zero-order valence-electron chi connectivity index (χ0n) is 10.0. The lowest BCUT2D eigenvalue weighted by Crippen LogP contribution is -2.23. The molecule has 20 heavy (non-hydrogen) atoms. The topological polar surface area (TPSA) is 66.4 Å². The number of carboxylic acids is 1. The maximum atomic E-state index is 12.1. The molecule has 4 nitrogen and oxygen atoms in total. The molecule has 0 spiro atoms. The van der Waals surface area contributed by atoms with E-state index >= 15 is 0 Å². The van der Waals surface area contributed by atoms with E-state index in [1.165, 1.54) is 17.4 Å². The summed E-state index contributed by atoms with van der Waals surface area (Å²) in [5.41, 5.74) is 0.786. The van der Waals surface area contributed by atoms with Crippen molar-refractivity contribution >= 4 is 61.7 Å². The van der Waals surface area contributed by atoms with E-state index < -0.39 is 5.97 Å². The van der Waals surface area contributed by atoms with Gasteiger partial charge in [-0.2, -0.15) is 0 Å². The number of halogens is 2. The SMILES string of the molecule is O=C(O)c1ccccc1CNC(=O)c1sc(Br)cc1I. The van der Waals surface area contributed by atoms with Gasteiger partial charge in [0.1, 0.15) is 4.88 Å². The predicted molar refractivity (Wildman–Crippen MR) is 89.3 cm³/mol. The first-order valence-corrected chi connectivity index (χ1v) is 8.22. The van der Waals surface area contributed by atoms with Crippen molar-refractivity contribution in [3.63, 3.8) is 0 Å². The van der Waals surface area contributed by atoms with Gasteiger partial charge in [-0.05, 0) is 56.2 Å². The molecule has 0 saturated heterocycles. The normalized spacial score (nSPS) is 10.3. The van der Waals surface area contributed by atoms with Gasteiger partial charge in [0.05, 0.1) is 9.35 Å². The Morgan fingerprint density at radius 2 is 2.05 bits per heavy atom. The minimum atomic E-state index is -0.997. The molecule has 1 aromatic heterocycles. The fourth-order valence-electron chi connectivity index (χ4n) is 1.63. The van der Waals surface area contributed by atoms with Crippen LogP contribution in [0.1, 0.15) is 25.6 Å². The lowest BCUT2D eigenvalue weighted by molar-refractivity contribution is 0.0694. The van der Waals surface area contributed by atoms with Crippen molar-refractivity contribution in [2.45, 2.75) is 6.54 Å². The molecule has 1 heterocycles. The van der Waals surface area contributed by atoms with Gasteiger partial charge in [-0.25, -0.2) is 4.79 Å². The molecule has 0 saturated carbocycles. The quantitative estimate of drug-likeness (QED) is 0.676. The maximum Gasteiger partial charge on any atom is 0.336 e. The standard InChI is InChI=1S/C13H9BrINO3S/c14-10-5-9(15)11(20-10)12(17)16-6-7-3-1-2-4-8(7)13(18)19/h1-5H,6H2,(H,16,17)(H,18,19). The van der Waals surface area contributed by atoms with Gasteiger partial charge in [-0.3, -0.25) is 4.79 Å². The fourth-order valence-corrected chi connectivity index (χ4v) is 4.57. The number of amides is 1. The van der Waals surface area contributed by atoms with Crippen molar-refractivity contribution < 1.29 is 14.7 Å². The largest absolute Gasteiger partial charge is 0.478 e. The summed E-state index contributed by atoms with van der Waals surface area (Å²) in [6.45, 7) is 0.187. The molecule has 7 heteroatoms. The Kier molecular flexibility index (Phi) is 5.17. The highest BCUT2D eigenvalue weighted by Crippen LogP contribution is 2.28. The monoisotopic (exact) mass is 465 g/mol. The number of thiophene rings is 1. The lowest BCUT2D eigenvalue weighted by Gasteiger charge is -2.07. The number of hydrogen-bond donors (Lipinski definition) is 2. The van der Waals surface area contributed by atoms with Crippen molar-refractivity contribution in [1.29, 1.82) is 0 Å². The minimum Gasteiger partial charge on any atom is -0.478 e. The van der Waals surface area contributed by atoms with E-state index in [2.05, 4.69) is 43.8 Å². The number of nitrogens with one attached hydrogen (secondary N) is 1. The van der Waals surface area contributed by atoms with Crippen LogP contribution in [-0.4, -0.2) is 17.0 Å². The molecule has 2 N–H and O–H groups in total. The molecule has 0 radical (unpaired) electrons. The van der Waals surface area contributed by atoms with Gasteiger partial charge in [0, 0.05) is 10.1 Å². The van der Waals surface area contributed by atoms with Crippen molar-refractivity contribution in [3.8, 4) is 0 Å². The summed E-state index contributed by atoms with van der Waals surface area (Å²) in [5.74, 6) is -1.20. The van der Waals surface area contributed by atoms with Crippen LogP contribution in [0.5, 0.6) is 0 Å². The third kappa shape index (κ3) is 3.58. The van der Waals surface area contributed by atoms with Gasteiger partial charge >= 0.3 is 5.97 Å². The molecule has 0 aliphatic rings. The summed E-state index contributed by atoms with van der Waals surface area (Å²) < 4.78 is 1.75. The first-order chi connectivity index (χ1) is 9.49. The van der Waals surface area contributed by atoms with Crippen LogP contribution in [0, 0.1) is 3.57 Å². The van der Waals surface area contributed by atoms with Crippen LogP contribution in [-0.2, 0) is 6.54 Å². The van der Waals surface area contributed by atoms with Crippen molar-refractivity contribution in [3.05, 3.63) is 53.7 Å². The molecular weight excluding hydrogens is 457 g/mol. The number of aromatic carboxylic acids is 1. The predicted octanol–water partition coefficient (Wildman–Crippen LogP) is 3.74. The Balaban J connectivity index is 2.11. The molecule has 0 atom stereocenters. The summed E-state index contributed by atoms with van der Waals surface area (Å²) in [4.78, 5) is 23.8. The Hall–Kier alpha value is -0.930. The van der Waals surface area contributed by atoms with E-state index in [4.69, 9.17) is 5.11 Å². The smallest absolute Gasteiger partial charge is 0.336 e. The highest BCUT2D eigenvalue weighted by Gasteiger charge is 2.15. The number of carbonyl (C=O) groups excluding carboxylic acids is 1. The van der Waals surface area contributed by atoms with E-state index in [0.29, 0.717) is 10.4 Å². The molecule has 0 aliphatic heterocycles. The molecular formula is C13H9BrINO3S. The molecule has 0 unspecified atom stereocenters. The molecule has 104 valence electrons. The fraction of sp³-hybridized carbons (Fsp3) is 0.0769. The highest BCUT2D eigenvalue weighted by atomic mass is 127. The highest BCUT2D eigenvalue weighted by molar-refractivity contribution is 14.1. The third-order valence-electron chi connectivity index (χ3n) is 2.55. The van der Waals surface area contributed by atoms with Crippen molar-refractivity contribution in [1.82, 2.24) is 5.32 Å². The number of carboxylic acid groups (broad SMARTS) is 1. The first kappa shape index (κ1) is 15.5. The number of carbonyl (C=O) groups is 2. The Morgan fingerprint density at radius 1 is 1.35 bits per heavy atom. The van der Waals surface area contributed by atoms with Crippen molar-refractivity contribution in [2.24, 2.45) is 0 Å². The number of benzene rings is 1. The Labute approximate surface area is 141 Å². The van der Waals surface area contributed by atoms with Crippen LogP contribution in [0.2, 0.25) is 0 Å². The van der Waals surface area contributed by atoms with Crippen LogP contribution in [0.25, 0.3) is 0 Å². The number of hydrogen-bond acceptors (Lipinski definition) is 3. The molecule has 0 aliphatic carbocycles. The van der Waals surface area contributed by atoms with E-state index in [1.54, 1.807) is 18.2 Å². The van der Waals surface area contributed by atoms with Gasteiger partial charge in [0.15, 0.2) is 0 Å². The average Bonchev–Trinajstić information content (AvgIpc) is 2.75. The van der Waals surface area contributed by atoms with Gasteiger partial charge in [-0.1, -0.05) is 18.2 Å². The number of rotatable bonds is 4. The second kappa shape index (κ2) is 6.68. The second-order valence-electron chi connectivity index (χ2n) is 3.87. The molecule has 0 fully saturated rings. The van der Waals surface area contributed by atoms with Gasteiger partial charge in [0.2, 0.25) is 0 Å². The lowest BCUT2D eigenvalue weighted by atomic mass is 10.1. The van der Waals surface area contributed by atoms with Crippen LogP contribution < -0.4 is 5.32 Å². The minimum absolute atomic E-state index is 0.187. The average molecular weight is 466 g/mol. The van der Waals surface area contributed by atoms with E-state index in [0.717, 1.165) is 7.36 Å². The van der Waals surface area contributed by atoms with Crippen LogP contribution in [0.3, 0.4) is 0 Å². The van der Waals surface area contributed by atoms with E-state index in [-0.39, 0.29) is 18.0 Å². The van der Waals surface area contributed by atoms with Crippen molar-refractivity contribution in [2.75, 3.05) is 0 Å². The van der Waals surface area contributed by atoms with Gasteiger partial charge < -0.3 is 10.4 Å². The summed E-state index contributed by atoms with van der Waals surface area (Å²) in [6, 6.07) is 8.49. The summed E-state index contributed by atoms with van der Waals surface area (Å²) in [7, 11) is 0. The third-order valence-corrected chi connectivity index (χ3v) is 5.40. The summed E-state index contributed by atoms with van der Waals surface area (Å²) in [5, 5.41) is 11.8. The van der Waals surface area contributed by atoms with E-state index in [1.807, 2.05) is 6.07 Å². The zero-order valence-corrected chi connectivity index (χ0v) is 14.6. The zero-order chi connectivity index (χ0) is 14.7. The molecule has 2 rings (SSSR count). The molecule has 1 amide bonds. The van der Waals surface area contributed by atoms with E-state index in [9.17, 15) is 9.59 Å². The second-order valence-corrected chi connectivity index (χ2v) is 7.47. The molecule has 1 aromatic carbocycles. The Morgan fingerprint density at radius 3 is 2.65 bits per heavy atom. The molecule has 0 bridgehead atoms. The van der Waals surface area contributed by atoms with Gasteiger partial charge in [-0.15, -0.1) is 11.3 Å².